The summed E-state index contributed by atoms with van der Waals surface area (Å²) in [6, 6.07) is 5.32. The van der Waals surface area contributed by atoms with E-state index < -0.39 is 11.7 Å². The number of anilines is 1. The van der Waals surface area contributed by atoms with Crippen LogP contribution in [0.5, 0.6) is 0 Å². The van der Waals surface area contributed by atoms with Crippen molar-refractivity contribution in [2.45, 2.75) is 12.7 Å². The fourth-order valence-corrected chi connectivity index (χ4v) is 3.28. The molecule has 0 bridgehead atoms. The Morgan fingerprint density at radius 2 is 1.70 bits per heavy atom. The van der Waals surface area contributed by atoms with E-state index in [4.69, 9.17) is 0 Å². The molecule has 27 heavy (non-hydrogen) atoms. The summed E-state index contributed by atoms with van der Waals surface area (Å²) in [5.41, 5.74) is -0.290. The van der Waals surface area contributed by atoms with E-state index in [1.807, 2.05) is 4.90 Å². The van der Waals surface area contributed by atoms with Gasteiger partial charge in [0.25, 0.3) is 5.56 Å². The maximum atomic E-state index is 12.9. The summed E-state index contributed by atoms with van der Waals surface area (Å²) < 4.78 is 41.1. The molecule has 2 heterocycles. The predicted octanol–water partition coefficient (Wildman–Crippen LogP) is 1.43. The van der Waals surface area contributed by atoms with E-state index in [0.717, 1.165) is 10.6 Å². The summed E-state index contributed by atoms with van der Waals surface area (Å²) in [5.74, 6) is 0. The molecule has 1 aromatic heterocycles. The van der Waals surface area contributed by atoms with Gasteiger partial charge in [-0.15, -0.1) is 0 Å². The van der Waals surface area contributed by atoms with Gasteiger partial charge < -0.3 is 9.47 Å². The third-order valence-corrected chi connectivity index (χ3v) is 4.82. The van der Waals surface area contributed by atoms with Gasteiger partial charge in [-0.1, -0.05) is 6.07 Å². The van der Waals surface area contributed by atoms with Crippen LogP contribution in [-0.2, 0) is 26.8 Å². The van der Waals surface area contributed by atoms with Gasteiger partial charge in [-0.25, -0.2) is 4.79 Å². The van der Waals surface area contributed by atoms with Crippen molar-refractivity contribution in [1.29, 1.82) is 0 Å². The molecule has 0 radical (unpaired) electrons. The molecule has 0 N–H and O–H groups in total. The molecule has 1 aromatic carbocycles. The molecule has 0 spiro atoms. The molecule has 0 saturated carbocycles. The lowest BCUT2D eigenvalue weighted by atomic mass is 10.1. The number of rotatable bonds is 3. The molecule has 0 atom stereocenters. The number of aromatic nitrogens is 2. The Morgan fingerprint density at radius 1 is 1.04 bits per heavy atom. The van der Waals surface area contributed by atoms with Gasteiger partial charge in [-0.05, 0) is 18.2 Å². The summed E-state index contributed by atoms with van der Waals surface area (Å²) in [4.78, 5) is 28.0. The third-order valence-electron chi connectivity index (χ3n) is 4.82. The molecule has 3 rings (SSSR count). The van der Waals surface area contributed by atoms with E-state index in [-0.39, 0.29) is 11.2 Å². The lowest BCUT2D eigenvalue weighted by Crippen LogP contribution is -2.47. The maximum Gasteiger partial charge on any atom is 0.416 e. The summed E-state index contributed by atoms with van der Waals surface area (Å²) in [6.07, 6.45) is -2.81. The van der Waals surface area contributed by atoms with E-state index in [0.29, 0.717) is 44.0 Å². The lowest BCUT2D eigenvalue weighted by Gasteiger charge is -2.36. The molecular weight excluding hydrogens is 361 g/mol. The van der Waals surface area contributed by atoms with Crippen molar-refractivity contribution >= 4 is 5.69 Å². The van der Waals surface area contributed by atoms with Crippen molar-refractivity contribution in [3.05, 3.63) is 62.4 Å². The Morgan fingerprint density at radius 3 is 2.33 bits per heavy atom. The number of hydrogen-bond acceptors (Lipinski definition) is 4. The van der Waals surface area contributed by atoms with Gasteiger partial charge in [0.05, 0.1) is 5.56 Å². The van der Waals surface area contributed by atoms with Crippen LogP contribution in [0.15, 0.2) is 40.1 Å². The highest BCUT2D eigenvalue weighted by Crippen LogP contribution is 2.31. The first-order valence-electron chi connectivity index (χ1n) is 8.57. The number of halogens is 3. The highest BCUT2D eigenvalue weighted by Gasteiger charge is 2.31. The average molecular weight is 382 g/mol. The van der Waals surface area contributed by atoms with Crippen molar-refractivity contribution in [1.82, 2.24) is 14.0 Å². The van der Waals surface area contributed by atoms with Gasteiger partial charge in [-0.2, -0.15) is 13.2 Å². The van der Waals surface area contributed by atoms with E-state index in [9.17, 15) is 22.8 Å². The number of aryl methyl sites for hydroxylation is 1. The SMILES string of the molecule is Cn1cc(CN2CCN(c3cccc(C(F)(F)F)c3)CC2)c(=O)n(C)c1=O. The minimum Gasteiger partial charge on any atom is -0.369 e. The fourth-order valence-electron chi connectivity index (χ4n) is 3.28. The Bertz CT molecular complexity index is 941. The van der Waals surface area contributed by atoms with Gasteiger partial charge in [0.15, 0.2) is 0 Å². The molecular formula is C18H21F3N4O2. The Labute approximate surface area is 154 Å². The summed E-state index contributed by atoms with van der Waals surface area (Å²) in [7, 11) is 3.04. The minimum atomic E-state index is -4.36. The predicted molar refractivity (Wildman–Crippen MR) is 95.9 cm³/mol. The summed E-state index contributed by atoms with van der Waals surface area (Å²) in [6.45, 7) is 2.75. The normalized spacial score (nSPS) is 16.0. The van der Waals surface area contributed by atoms with Crippen molar-refractivity contribution in [3.63, 3.8) is 0 Å². The van der Waals surface area contributed by atoms with Gasteiger partial charge in [0.1, 0.15) is 0 Å². The Balaban J connectivity index is 1.68. The number of hydrogen-bond donors (Lipinski definition) is 0. The van der Waals surface area contributed by atoms with Crippen LogP contribution < -0.4 is 16.1 Å². The molecule has 146 valence electrons. The lowest BCUT2D eigenvalue weighted by molar-refractivity contribution is -0.137. The van der Waals surface area contributed by atoms with Gasteiger partial charge >= 0.3 is 11.9 Å². The quantitative estimate of drug-likeness (QED) is 0.806. The number of benzene rings is 1. The highest BCUT2D eigenvalue weighted by molar-refractivity contribution is 5.49. The second kappa shape index (κ2) is 7.22. The fraction of sp³-hybridized carbons (Fsp3) is 0.444. The van der Waals surface area contributed by atoms with Crippen LogP contribution in [0.2, 0.25) is 0 Å². The minimum absolute atomic E-state index is 0.321. The first-order chi connectivity index (χ1) is 12.7. The maximum absolute atomic E-state index is 12.9. The largest absolute Gasteiger partial charge is 0.416 e. The molecule has 2 aromatic rings. The first-order valence-corrected chi connectivity index (χ1v) is 8.57. The van der Waals surface area contributed by atoms with Crippen LogP contribution in [0, 0.1) is 0 Å². The smallest absolute Gasteiger partial charge is 0.369 e. The second-order valence-electron chi connectivity index (χ2n) is 6.72. The number of alkyl halides is 3. The Kier molecular flexibility index (Phi) is 5.14. The standard InChI is InChI=1S/C18H21F3N4O2/c1-22-11-13(16(26)23(2)17(22)27)12-24-6-8-25(9-7-24)15-5-3-4-14(10-15)18(19,20)21/h3-5,10-11H,6-9,12H2,1-2H3. The molecule has 9 heteroatoms. The second-order valence-corrected chi connectivity index (χ2v) is 6.72. The average Bonchev–Trinajstić information content (AvgIpc) is 2.64. The van der Waals surface area contributed by atoms with Crippen molar-refractivity contribution in [2.75, 3.05) is 31.1 Å². The number of piperazine rings is 1. The van der Waals surface area contributed by atoms with Crippen LogP contribution in [0.25, 0.3) is 0 Å². The topological polar surface area (TPSA) is 50.5 Å². The molecule has 1 aliphatic heterocycles. The van der Waals surface area contributed by atoms with E-state index in [1.54, 1.807) is 19.3 Å². The molecule has 1 aliphatic rings. The van der Waals surface area contributed by atoms with Crippen LogP contribution in [0.1, 0.15) is 11.1 Å². The molecule has 0 unspecified atom stereocenters. The molecule has 1 saturated heterocycles. The van der Waals surface area contributed by atoms with Gasteiger partial charge in [0.2, 0.25) is 0 Å². The zero-order chi connectivity index (χ0) is 19.8. The van der Waals surface area contributed by atoms with E-state index in [2.05, 4.69) is 4.90 Å². The molecule has 0 aliphatic carbocycles. The van der Waals surface area contributed by atoms with Crippen LogP contribution in [-0.4, -0.2) is 40.2 Å². The first kappa shape index (κ1) is 19.2. The molecule has 1 fully saturated rings. The zero-order valence-electron chi connectivity index (χ0n) is 15.2. The summed E-state index contributed by atoms with van der Waals surface area (Å²) >= 11 is 0. The zero-order valence-corrected chi connectivity index (χ0v) is 15.2. The molecule has 6 nitrogen and oxygen atoms in total. The van der Waals surface area contributed by atoms with Crippen molar-refractivity contribution in [3.8, 4) is 0 Å². The van der Waals surface area contributed by atoms with Crippen LogP contribution in [0.3, 0.4) is 0 Å². The number of nitrogens with zero attached hydrogens (tertiary/aromatic N) is 4. The summed E-state index contributed by atoms with van der Waals surface area (Å²) in [5, 5.41) is 0. The molecule has 0 amide bonds. The van der Waals surface area contributed by atoms with Crippen molar-refractivity contribution in [2.24, 2.45) is 14.1 Å². The Hall–Kier alpha value is -2.55. The van der Waals surface area contributed by atoms with Gasteiger partial charge in [-0.3, -0.25) is 14.3 Å². The highest BCUT2D eigenvalue weighted by atomic mass is 19.4. The van der Waals surface area contributed by atoms with Crippen molar-refractivity contribution < 1.29 is 13.2 Å². The van der Waals surface area contributed by atoms with E-state index in [1.165, 1.54) is 23.7 Å². The monoisotopic (exact) mass is 382 g/mol. The van der Waals surface area contributed by atoms with Crippen LogP contribution in [0.4, 0.5) is 18.9 Å². The van der Waals surface area contributed by atoms with Gasteiger partial charge in [0, 0.05) is 64.3 Å². The third kappa shape index (κ3) is 4.08. The van der Waals surface area contributed by atoms with Crippen LogP contribution >= 0.6 is 0 Å². The van der Waals surface area contributed by atoms with E-state index >= 15 is 0 Å².